The summed E-state index contributed by atoms with van der Waals surface area (Å²) in [5, 5.41) is 2.91. The van der Waals surface area contributed by atoms with Gasteiger partial charge in [0.2, 0.25) is 11.8 Å². The first kappa shape index (κ1) is 17.2. The Kier molecular flexibility index (Phi) is 6.88. The number of nitrogens with one attached hydrogen (secondary N) is 1. The summed E-state index contributed by atoms with van der Waals surface area (Å²) in [6.07, 6.45) is 1.31. The van der Waals surface area contributed by atoms with Crippen LogP contribution in [0.5, 0.6) is 0 Å². The molecular weight excluding hydrogens is 266 g/mol. The highest BCUT2D eigenvalue weighted by atomic mass is 16.2. The molecule has 116 valence electrons. The first-order chi connectivity index (χ1) is 9.90. The van der Waals surface area contributed by atoms with Gasteiger partial charge in [-0.3, -0.25) is 9.59 Å². The minimum Gasteiger partial charge on any atom is -0.356 e. The summed E-state index contributed by atoms with van der Waals surface area (Å²) < 4.78 is 0. The van der Waals surface area contributed by atoms with Crippen molar-refractivity contribution in [3.8, 4) is 0 Å². The molecule has 0 aromatic heterocycles. The van der Waals surface area contributed by atoms with Crippen molar-refractivity contribution in [1.82, 2.24) is 10.2 Å². The maximum absolute atomic E-state index is 11.8. The van der Waals surface area contributed by atoms with Gasteiger partial charge < -0.3 is 15.1 Å². The van der Waals surface area contributed by atoms with Crippen LogP contribution in [-0.4, -0.2) is 50.9 Å². The van der Waals surface area contributed by atoms with Crippen LogP contribution in [0.2, 0.25) is 0 Å². The number of carbonyl (C=O) groups excluding carboxylic acids is 2. The Morgan fingerprint density at radius 1 is 1.10 bits per heavy atom. The standard InChI is InChI=1S/C16H25N3O2/c1-13(20)19(4)15-8-6-14(7-9-15)12-16(21)17-10-5-11-18(2)3/h6-9H,5,10-12H2,1-4H3,(H,17,21). The highest BCUT2D eigenvalue weighted by molar-refractivity contribution is 5.90. The van der Waals surface area contributed by atoms with E-state index < -0.39 is 0 Å². The van der Waals surface area contributed by atoms with E-state index >= 15 is 0 Å². The second kappa shape index (κ2) is 8.42. The highest BCUT2D eigenvalue weighted by Gasteiger charge is 2.07. The second-order valence-corrected chi connectivity index (χ2v) is 5.43. The van der Waals surface area contributed by atoms with Gasteiger partial charge in [-0.1, -0.05) is 12.1 Å². The minimum absolute atomic E-state index is 0.0126. The van der Waals surface area contributed by atoms with Crippen molar-refractivity contribution in [2.45, 2.75) is 19.8 Å². The zero-order chi connectivity index (χ0) is 15.8. The predicted molar refractivity (Wildman–Crippen MR) is 85.4 cm³/mol. The van der Waals surface area contributed by atoms with Crippen LogP contribution in [0, 0.1) is 0 Å². The van der Waals surface area contributed by atoms with Gasteiger partial charge in [0, 0.05) is 26.2 Å². The Bertz CT molecular complexity index is 469. The quantitative estimate of drug-likeness (QED) is 0.770. The molecule has 5 heteroatoms. The fraction of sp³-hybridized carbons (Fsp3) is 0.500. The first-order valence-electron chi connectivity index (χ1n) is 7.15. The molecule has 1 rings (SSSR count). The molecule has 0 bridgehead atoms. The summed E-state index contributed by atoms with van der Waals surface area (Å²) in [5.41, 5.74) is 1.78. The molecule has 1 aromatic rings. The van der Waals surface area contributed by atoms with Gasteiger partial charge in [-0.05, 0) is 44.8 Å². The molecule has 0 unspecified atom stereocenters. The van der Waals surface area contributed by atoms with Gasteiger partial charge >= 0.3 is 0 Å². The van der Waals surface area contributed by atoms with Gasteiger partial charge in [0.05, 0.1) is 6.42 Å². The molecule has 0 aliphatic heterocycles. The molecule has 0 fully saturated rings. The molecule has 2 amide bonds. The SMILES string of the molecule is CC(=O)N(C)c1ccc(CC(=O)NCCCN(C)C)cc1. The highest BCUT2D eigenvalue weighted by Crippen LogP contribution is 2.14. The Morgan fingerprint density at radius 2 is 1.71 bits per heavy atom. The molecule has 1 N–H and O–H groups in total. The molecule has 21 heavy (non-hydrogen) atoms. The Morgan fingerprint density at radius 3 is 2.24 bits per heavy atom. The lowest BCUT2D eigenvalue weighted by Crippen LogP contribution is -2.28. The minimum atomic E-state index is -0.0126. The summed E-state index contributed by atoms with van der Waals surface area (Å²) in [5.74, 6) is 0.0165. The van der Waals surface area contributed by atoms with Crippen molar-refractivity contribution in [2.75, 3.05) is 39.1 Å². The zero-order valence-corrected chi connectivity index (χ0v) is 13.3. The second-order valence-electron chi connectivity index (χ2n) is 5.43. The van der Waals surface area contributed by atoms with Gasteiger partial charge in [-0.2, -0.15) is 0 Å². The molecule has 5 nitrogen and oxygen atoms in total. The van der Waals surface area contributed by atoms with Crippen LogP contribution in [-0.2, 0) is 16.0 Å². The van der Waals surface area contributed by atoms with Crippen molar-refractivity contribution in [1.29, 1.82) is 0 Å². The normalized spacial score (nSPS) is 10.5. The van der Waals surface area contributed by atoms with Crippen molar-refractivity contribution in [2.24, 2.45) is 0 Å². The molecule has 0 saturated heterocycles. The molecular formula is C16H25N3O2. The van der Waals surface area contributed by atoms with Crippen LogP contribution in [0.15, 0.2) is 24.3 Å². The predicted octanol–water partition coefficient (Wildman–Crippen LogP) is 1.28. The fourth-order valence-electron chi connectivity index (χ4n) is 1.89. The van der Waals surface area contributed by atoms with Gasteiger partial charge in [0.25, 0.3) is 0 Å². The summed E-state index contributed by atoms with van der Waals surface area (Å²) >= 11 is 0. The summed E-state index contributed by atoms with van der Waals surface area (Å²) in [4.78, 5) is 26.7. The third-order valence-corrected chi connectivity index (χ3v) is 3.26. The molecule has 0 atom stereocenters. The number of nitrogens with zero attached hydrogens (tertiary/aromatic N) is 2. The number of benzene rings is 1. The van der Waals surface area contributed by atoms with Crippen LogP contribution in [0.3, 0.4) is 0 Å². The van der Waals surface area contributed by atoms with Gasteiger partial charge in [0.1, 0.15) is 0 Å². The lowest BCUT2D eigenvalue weighted by atomic mass is 10.1. The summed E-state index contributed by atoms with van der Waals surface area (Å²) in [7, 11) is 5.76. The molecule has 1 aromatic carbocycles. The lowest BCUT2D eigenvalue weighted by molar-refractivity contribution is -0.120. The van der Waals surface area contributed by atoms with E-state index in [4.69, 9.17) is 0 Å². The van der Waals surface area contributed by atoms with E-state index in [9.17, 15) is 9.59 Å². The van der Waals surface area contributed by atoms with Gasteiger partial charge in [-0.25, -0.2) is 0 Å². The van der Waals surface area contributed by atoms with Crippen LogP contribution >= 0.6 is 0 Å². The zero-order valence-electron chi connectivity index (χ0n) is 13.3. The third kappa shape index (κ3) is 6.40. The number of anilines is 1. The Labute approximate surface area is 126 Å². The van der Waals surface area contributed by atoms with E-state index in [0.717, 1.165) is 24.2 Å². The van der Waals surface area contributed by atoms with Crippen LogP contribution in [0.1, 0.15) is 18.9 Å². The van der Waals surface area contributed by atoms with Crippen molar-refractivity contribution in [3.05, 3.63) is 29.8 Å². The van der Waals surface area contributed by atoms with Crippen molar-refractivity contribution < 1.29 is 9.59 Å². The average Bonchev–Trinajstić information content (AvgIpc) is 2.43. The number of carbonyl (C=O) groups is 2. The fourth-order valence-corrected chi connectivity index (χ4v) is 1.89. The van der Waals surface area contributed by atoms with E-state index in [1.165, 1.54) is 6.92 Å². The van der Waals surface area contributed by atoms with E-state index in [-0.39, 0.29) is 11.8 Å². The van der Waals surface area contributed by atoms with Crippen LogP contribution in [0.25, 0.3) is 0 Å². The molecule has 0 saturated carbocycles. The molecule has 0 aliphatic rings. The van der Waals surface area contributed by atoms with Crippen LogP contribution < -0.4 is 10.2 Å². The Balaban J connectivity index is 2.41. The third-order valence-electron chi connectivity index (χ3n) is 3.26. The van der Waals surface area contributed by atoms with E-state index in [2.05, 4.69) is 10.2 Å². The number of rotatable bonds is 7. The van der Waals surface area contributed by atoms with Crippen molar-refractivity contribution in [3.63, 3.8) is 0 Å². The number of hydrogen-bond donors (Lipinski definition) is 1. The van der Waals surface area contributed by atoms with E-state index in [1.54, 1.807) is 11.9 Å². The monoisotopic (exact) mass is 291 g/mol. The van der Waals surface area contributed by atoms with Crippen molar-refractivity contribution >= 4 is 17.5 Å². The largest absolute Gasteiger partial charge is 0.356 e. The van der Waals surface area contributed by atoms with E-state index in [0.29, 0.717) is 13.0 Å². The number of hydrogen-bond acceptors (Lipinski definition) is 3. The van der Waals surface area contributed by atoms with Gasteiger partial charge in [-0.15, -0.1) is 0 Å². The smallest absolute Gasteiger partial charge is 0.224 e. The number of amides is 2. The summed E-state index contributed by atoms with van der Waals surface area (Å²) in [6.45, 7) is 3.18. The first-order valence-corrected chi connectivity index (χ1v) is 7.15. The molecule has 0 aliphatic carbocycles. The topological polar surface area (TPSA) is 52.7 Å². The maximum Gasteiger partial charge on any atom is 0.224 e. The van der Waals surface area contributed by atoms with E-state index in [1.807, 2.05) is 38.4 Å². The molecule has 0 spiro atoms. The van der Waals surface area contributed by atoms with Crippen LogP contribution in [0.4, 0.5) is 5.69 Å². The molecule has 0 radical (unpaired) electrons. The lowest BCUT2D eigenvalue weighted by Gasteiger charge is -2.15. The maximum atomic E-state index is 11.8. The average molecular weight is 291 g/mol. The summed E-state index contributed by atoms with van der Waals surface area (Å²) in [6, 6.07) is 7.48. The molecule has 0 heterocycles. The van der Waals surface area contributed by atoms with Gasteiger partial charge in [0.15, 0.2) is 0 Å². The Hall–Kier alpha value is -1.88.